The van der Waals surface area contributed by atoms with Gasteiger partial charge in [0.1, 0.15) is 5.82 Å². The largest absolute Gasteiger partial charge is 0.383 e. The quantitative estimate of drug-likeness (QED) is 0.807. The third kappa shape index (κ3) is 3.73. The number of rotatable bonds is 7. The fourth-order valence-electron chi connectivity index (χ4n) is 3.06. The number of nitrogen functional groups attached to an aromatic ring is 1. The molecule has 1 aromatic heterocycles. The summed E-state index contributed by atoms with van der Waals surface area (Å²) in [6.07, 6.45) is 4.54. The van der Waals surface area contributed by atoms with E-state index in [1.807, 2.05) is 19.1 Å². The number of hydrogen-bond donors (Lipinski definition) is 2. The summed E-state index contributed by atoms with van der Waals surface area (Å²) >= 11 is 0. The van der Waals surface area contributed by atoms with Crippen LogP contribution in [0.4, 0.5) is 5.82 Å². The number of nitrogens with one attached hydrogen (secondary N) is 1. The summed E-state index contributed by atoms with van der Waals surface area (Å²) in [5.41, 5.74) is 6.88. The van der Waals surface area contributed by atoms with Crippen LogP contribution in [-0.4, -0.2) is 37.0 Å². The number of nitrogens with two attached hydrogens (primary N) is 1. The molecule has 21 heavy (non-hydrogen) atoms. The lowest BCUT2D eigenvalue weighted by Gasteiger charge is -2.43. The Balaban J connectivity index is 2.34. The van der Waals surface area contributed by atoms with Gasteiger partial charge in [-0.05, 0) is 26.0 Å². The highest BCUT2D eigenvalue weighted by Crippen LogP contribution is 2.39. The van der Waals surface area contributed by atoms with E-state index in [0.717, 1.165) is 44.6 Å². The second-order valence-corrected chi connectivity index (χ2v) is 5.48. The zero-order chi connectivity index (χ0) is 15.1. The Kier molecular flexibility index (Phi) is 5.96. The first-order chi connectivity index (χ1) is 10.2. The maximum absolute atomic E-state index is 6.21. The van der Waals surface area contributed by atoms with Crippen molar-refractivity contribution in [3.05, 3.63) is 23.9 Å². The molecule has 0 radical (unpaired) electrons. The normalized spacial score (nSPS) is 19.3. The molecule has 5 heteroatoms. The van der Waals surface area contributed by atoms with Gasteiger partial charge in [0.25, 0.3) is 0 Å². The summed E-state index contributed by atoms with van der Waals surface area (Å²) in [6, 6.07) is 4.03. The van der Waals surface area contributed by atoms with Crippen molar-refractivity contribution < 1.29 is 9.47 Å². The Morgan fingerprint density at radius 1 is 1.43 bits per heavy atom. The summed E-state index contributed by atoms with van der Waals surface area (Å²) in [5.74, 6) is 0.580. The predicted octanol–water partition coefficient (Wildman–Crippen LogP) is 2.29. The van der Waals surface area contributed by atoms with Crippen LogP contribution in [-0.2, 0) is 9.47 Å². The van der Waals surface area contributed by atoms with Crippen molar-refractivity contribution in [2.75, 3.05) is 32.1 Å². The molecule has 2 rings (SSSR count). The number of anilines is 1. The molecule has 1 aliphatic rings. The molecule has 1 saturated heterocycles. The van der Waals surface area contributed by atoms with E-state index in [0.29, 0.717) is 12.4 Å². The highest BCUT2D eigenvalue weighted by Gasteiger charge is 2.42. The van der Waals surface area contributed by atoms with Gasteiger partial charge in [0.2, 0.25) is 0 Å². The molecule has 3 N–H and O–H groups in total. The monoisotopic (exact) mass is 293 g/mol. The van der Waals surface area contributed by atoms with Crippen LogP contribution in [0.15, 0.2) is 18.3 Å². The average Bonchev–Trinajstić information content (AvgIpc) is 2.50. The lowest BCUT2D eigenvalue weighted by atomic mass is 9.82. The molecule has 0 amide bonds. The van der Waals surface area contributed by atoms with Crippen molar-refractivity contribution in [2.45, 2.75) is 44.8 Å². The fraction of sp³-hybridized carbons (Fsp3) is 0.688. The van der Waals surface area contributed by atoms with Crippen molar-refractivity contribution in [1.29, 1.82) is 0 Å². The molecule has 2 heterocycles. The lowest BCUT2D eigenvalue weighted by Crippen LogP contribution is -2.50. The molecular weight excluding hydrogens is 266 g/mol. The molecule has 0 spiro atoms. The fourth-order valence-corrected chi connectivity index (χ4v) is 3.06. The number of pyridine rings is 1. The van der Waals surface area contributed by atoms with Crippen LogP contribution >= 0.6 is 0 Å². The van der Waals surface area contributed by atoms with Crippen LogP contribution in [0.2, 0.25) is 0 Å². The Morgan fingerprint density at radius 3 is 2.81 bits per heavy atom. The number of aromatic nitrogens is 1. The Bertz CT molecular complexity index is 428. The number of nitrogens with zero attached hydrogens (tertiary/aromatic N) is 1. The van der Waals surface area contributed by atoms with Crippen molar-refractivity contribution in [2.24, 2.45) is 0 Å². The van der Waals surface area contributed by atoms with E-state index in [4.69, 9.17) is 15.2 Å². The lowest BCUT2D eigenvalue weighted by molar-refractivity contribution is -0.127. The van der Waals surface area contributed by atoms with Gasteiger partial charge in [-0.1, -0.05) is 13.0 Å². The molecule has 1 aliphatic heterocycles. The Morgan fingerprint density at radius 2 is 2.19 bits per heavy atom. The van der Waals surface area contributed by atoms with Crippen molar-refractivity contribution >= 4 is 5.82 Å². The first-order valence-corrected chi connectivity index (χ1v) is 7.89. The van der Waals surface area contributed by atoms with Crippen molar-refractivity contribution in [3.63, 3.8) is 0 Å². The highest BCUT2D eigenvalue weighted by atomic mass is 16.5. The SMILES string of the molecule is CCCNC(c1cccnc1N)C1(OCC)CCOCC1. The van der Waals surface area contributed by atoms with Gasteiger partial charge in [-0.3, -0.25) is 0 Å². The Labute approximate surface area is 127 Å². The smallest absolute Gasteiger partial charge is 0.128 e. The molecule has 1 aromatic rings. The van der Waals surface area contributed by atoms with Gasteiger partial charge in [-0.25, -0.2) is 4.98 Å². The van der Waals surface area contributed by atoms with Crippen LogP contribution < -0.4 is 11.1 Å². The molecule has 1 atom stereocenters. The zero-order valence-electron chi connectivity index (χ0n) is 13.1. The Hall–Kier alpha value is -1.17. The van der Waals surface area contributed by atoms with E-state index in [2.05, 4.69) is 17.2 Å². The van der Waals surface area contributed by atoms with E-state index < -0.39 is 0 Å². The van der Waals surface area contributed by atoms with Gasteiger partial charge in [0, 0.05) is 44.4 Å². The second kappa shape index (κ2) is 7.73. The molecule has 0 saturated carbocycles. The third-order valence-electron chi connectivity index (χ3n) is 4.08. The van der Waals surface area contributed by atoms with Crippen molar-refractivity contribution in [1.82, 2.24) is 10.3 Å². The van der Waals surface area contributed by atoms with E-state index in [-0.39, 0.29) is 11.6 Å². The zero-order valence-corrected chi connectivity index (χ0v) is 13.1. The summed E-state index contributed by atoms with van der Waals surface area (Å²) in [4.78, 5) is 4.25. The first kappa shape index (κ1) is 16.2. The molecule has 118 valence electrons. The van der Waals surface area contributed by atoms with Crippen LogP contribution in [0, 0.1) is 0 Å². The third-order valence-corrected chi connectivity index (χ3v) is 4.08. The highest BCUT2D eigenvalue weighted by molar-refractivity contribution is 5.42. The van der Waals surface area contributed by atoms with Crippen LogP contribution in [0.1, 0.15) is 44.7 Å². The minimum Gasteiger partial charge on any atom is -0.383 e. The maximum atomic E-state index is 6.21. The second-order valence-electron chi connectivity index (χ2n) is 5.48. The van der Waals surface area contributed by atoms with Crippen LogP contribution in [0.25, 0.3) is 0 Å². The molecule has 5 nitrogen and oxygen atoms in total. The van der Waals surface area contributed by atoms with Gasteiger partial charge in [-0.2, -0.15) is 0 Å². The van der Waals surface area contributed by atoms with Crippen LogP contribution in [0.3, 0.4) is 0 Å². The average molecular weight is 293 g/mol. The van der Waals surface area contributed by atoms with Gasteiger partial charge in [0.05, 0.1) is 11.6 Å². The molecule has 0 aromatic carbocycles. The predicted molar refractivity (Wildman–Crippen MR) is 84.1 cm³/mol. The minimum atomic E-state index is -0.265. The first-order valence-electron chi connectivity index (χ1n) is 7.89. The minimum absolute atomic E-state index is 0.0509. The van der Waals surface area contributed by atoms with Gasteiger partial charge in [-0.15, -0.1) is 0 Å². The standard InChI is InChI=1S/C16H27N3O2/c1-3-9-18-14(13-6-5-10-19-15(13)17)16(21-4-2)7-11-20-12-8-16/h5-6,10,14,18H,3-4,7-9,11-12H2,1-2H3,(H2,17,19). The van der Waals surface area contributed by atoms with E-state index >= 15 is 0 Å². The number of hydrogen-bond acceptors (Lipinski definition) is 5. The molecule has 1 fully saturated rings. The maximum Gasteiger partial charge on any atom is 0.128 e. The molecular formula is C16H27N3O2. The topological polar surface area (TPSA) is 69.4 Å². The summed E-state index contributed by atoms with van der Waals surface area (Å²) in [5, 5.41) is 3.62. The summed E-state index contributed by atoms with van der Waals surface area (Å²) in [7, 11) is 0. The van der Waals surface area contributed by atoms with E-state index in [9.17, 15) is 0 Å². The molecule has 0 aliphatic carbocycles. The van der Waals surface area contributed by atoms with E-state index in [1.54, 1.807) is 6.20 Å². The van der Waals surface area contributed by atoms with Gasteiger partial charge in [0.15, 0.2) is 0 Å². The molecule has 1 unspecified atom stereocenters. The summed E-state index contributed by atoms with van der Waals surface area (Å²) in [6.45, 7) is 7.27. The summed E-state index contributed by atoms with van der Waals surface area (Å²) < 4.78 is 11.8. The number of ether oxygens (including phenoxy) is 2. The van der Waals surface area contributed by atoms with Crippen LogP contribution in [0.5, 0.6) is 0 Å². The van der Waals surface area contributed by atoms with Crippen molar-refractivity contribution in [3.8, 4) is 0 Å². The van der Waals surface area contributed by atoms with Gasteiger partial charge < -0.3 is 20.5 Å². The molecule has 0 bridgehead atoms. The van der Waals surface area contributed by atoms with E-state index in [1.165, 1.54) is 0 Å². The van der Waals surface area contributed by atoms with Gasteiger partial charge >= 0.3 is 0 Å².